The summed E-state index contributed by atoms with van der Waals surface area (Å²) in [4.78, 5) is 0. The molecular weight excluding hydrogens is 293 g/mol. The van der Waals surface area contributed by atoms with Gasteiger partial charge >= 0.3 is 6.18 Å². The van der Waals surface area contributed by atoms with E-state index in [1.165, 1.54) is 7.11 Å². The maximum atomic E-state index is 12.4. The van der Waals surface area contributed by atoms with E-state index in [9.17, 15) is 13.2 Å². The van der Waals surface area contributed by atoms with E-state index in [2.05, 4.69) is 15.5 Å². The molecule has 1 aromatic carbocycles. The van der Waals surface area contributed by atoms with Crippen molar-refractivity contribution in [2.45, 2.75) is 12.7 Å². The summed E-state index contributed by atoms with van der Waals surface area (Å²) < 4.78 is 42.3. The Hall–Kier alpha value is -2.03. The fraction of sp³-hybridized carbons (Fsp3) is 0.273. The van der Waals surface area contributed by atoms with Crippen LogP contribution in [0.3, 0.4) is 0 Å². The molecule has 0 unspecified atom stereocenters. The molecule has 0 bridgehead atoms. The van der Waals surface area contributed by atoms with Gasteiger partial charge in [-0.3, -0.25) is 0 Å². The number of nitrogens with zero attached hydrogens (tertiary/aromatic N) is 2. The van der Waals surface area contributed by atoms with Crippen molar-refractivity contribution in [3.05, 3.63) is 28.8 Å². The summed E-state index contributed by atoms with van der Waals surface area (Å²) in [5.74, 6) is 0.590. The van der Waals surface area contributed by atoms with Crippen molar-refractivity contribution in [3.8, 4) is 5.75 Å². The van der Waals surface area contributed by atoms with E-state index in [0.29, 0.717) is 22.8 Å². The Morgan fingerprint density at radius 3 is 2.70 bits per heavy atom. The van der Waals surface area contributed by atoms with Crippen molar-refractivity contribution < 1.29 is 17.9 Å². The van der Waals surface area contributed by atoms with Crippen molar-refractivity contribution in [3.63, 3.8) is 0 Å². The van der Waals surface area contributed by atoms with E-state index in [1.807, 2.05) is 0 Å². The SMILES string of the molecule is COc1ccc(N)cc1CNc1nnc(C(F)(F)F)s1. The Morgan fingerprint density at radius 1 is 1.35 bits per heavy atom. The third kappa shape index (κ3) is 3.29. The molecule has 0 aliphatic rings. The zero-order valence-electron chi connectivity index (χ0n) is 10.4. The molecule has 3 N–H and O–H groups in total. The number of hydrogen-bond donors (Lipinski definition) is 2. The largest absolute Gasteiger partial charge is 0.496 e. The van der Waals surface area contributed by atoms with Gasteiger partial charge in [0.1, 0.15) is 5.75 Å². The standard InChI is InChI=1S/C11H11F3N4OS/c1-19-8-3-2-7(15)4-6(8)5-16-10-18-17-9(20-10)11(12,13)14/h2-4H,5,15H2,1H3,(H,16,18). The second kappa shape index (κ2) is 5.53. The highest BCUT2D eigenvalue weighted by molar-refractivity contribution is 7.15. The number of nitrogen functional groups attached to an aromatic ring is 1. The fourth-order valence-electron chi connectivity index (χ4n) is 1.52. The topological polar surface area (TPSA) is 73.1 Å². The summed E-state index contributed by atoms with van der Waals surface area (Å²) >= 11 is 0.446. The van der Waals surface area contributed by atoms with Crippen LogP contribution in [-0.4, -0.2) is 17.3 Å². The molecule has 1 aromatic heterocycles. The van der Waals surface area contributed by atoms with E-state index in [-0.39, 0.29) is 11.7 Å². The number of anilines is 2. The second-order valence-electron chi connectivity index (χ2n) is 3.83. The normalized spacial score (nSPS) is 11.4. The Balaban J connectivity index is 2.09. The highest BCUT2D eigenvalue weighted by atomic mass is 32.1. The molecule has 0 aliphatic heterocycles. The lowest BCUT2D eigenvalue weighted by molar-refractivity contribution is -0.138. The van der Waals surface area contributed by atoms with E-state index >= 15 is 0 Å². The van der Waals surface area contributed by atoms with Gasteiger partial charge in [0.2, 0.25) is 10.1 Å². The average Bonchev–Trinajstić information content (AvgIpc) is 2.85. The molecule has 2 rings (SSSR count). The minimum atomic E-state index is -4.48. The van der Waals surface area contributed by atoms with Gasteiger partial charge in [-0.15, -0.1) is 10.2 Å². The Labute approximate surface area is 116 Å². The first-order valence-electron chi connectivity index (χ1n) is 5.47. The zero-order chi connectivity index (χ0) is 14.8. The van der Waals surface area contributed by atoms with Crippen molar-refractivity contribution in [1.82, 2.24) is 10.2 Å². The van der Waals surface area contributed by atoms with Crippen LogP contribution in [0.1, 0.15) is 10.6 Å². The summed E-state index contributed by atoms with van der Waals surface area (Å²) in [5.41, 5.74) is 6.91. The smallest absolute Gasteiger partial charge is 0.445 e. The number of aromatic nitrogens is 2. The zero-order valence-corrected chi connectivity index (χ0v) is 11.2. The van der Waals surface area contributed by atoms with Gasteiger partial charge in [0, 0.05) is 17.8 Å². The molecule has 0 radical (unpaired) electrons. The van der Waals surface area contributed by atoms with Gasteiger partial charge in [0.25, 0.3) is 0 Å². The molecular formula is C11H11F3N4OS. The lowest BCUT2D eigenvalue weighted by Crippen LogP contribution is -2.03. The summed E-state index contributed by atoms with van der Waals surface area (Å²) in [6, 6.07) is 5.04. The lowest BCUT2D eigenvalue weighted by Gasteiger charge is -2.09. The monoisotopic (exact) mass is 304 g/mol. The molecule has 5 nitrogen and oxygen atoms in total. The summed E-state index contributed by atoms with van der Waals surface area (Å²) in [5, 5.41) is 8.39. The number of benzene rings is 1. The molecule has 0 fully saturated rings. The molecule has 20 heavy (non-hydrogen) atoms. The molecule has 1 heterocycles. The summed E-state index contributed by atoms with van der Waals surface area (Å²) in [7, 11) is 1.50. The Kier molecular flexibility index (Phi) is 3.98. The molecule has 2 aromatic rings. The number of alkyl halides is 3. The van der Waals surface area contributed by atoms with Gasteiger partial charge in [-0.2, -0.15) is 13.2 Å². The van der Waals surface area contributed by atoms with Crippen molar-refractivity contribution in [2.75, 3.05) is 18.2 Å². The number of halogens is 3. The number of methoxy groups -OCH3 is 1. The first-order chi connectivity index (χ1) is 9.40. The molecule has 9 heteroatoms. The molecule has 108 valence electrons. The minimum absolute atomic E-state index is 0.0850. The van der Waals surface area contributed by atoms with Crippen molar-refractivity contribution in [2.24, 2.45) is 0 Å². The maximum Gasteiger partial charge on any atom is 0.445 e. The van der Waals surface area contributed by atoms with E-state index in [1.54, 1.807) is 18.2 Å². The number of hydrogen-bond acceptors (Lipinski definition) is 6. The van der Waals surface area contributed by atoms with Gasteiger partial charge in [-0.1, -0.05) is 11.3 Å². The number of nitrogens with one attached hydrogen (secondary N) is 1. The maximum absolute atomic E-state index is 12.4. The minimum Gasteiger partial charge on any atom is -0.496 e. The molecule has 0 aliphatic carbocycles. The van der Waals surface area contributed by atoms with Crippen LogP contribution in [0, 0.1) is 0 Å². The third-order valence-electron chi connectivity index (χ3n) is 2.40. The molecule has 0 saturated heterocycles. The van der Waals surface area contributed by atoms with Crippen LogP contribution in [0.25, 0.3) is 0 Å². The first-order valence-corrected chi connectivity index (χ1v) is 6.29. The van der Waals surface area contributed by atoms with E-state index < -0.39 is 11.2 Å². The van der Waals surface area contributed by atoms with E-state index in [0.717, 1.165) is 5.56 Å². The average molecular weight is 304 g/mol. The Bertz CT molecular complexity index is 600. The predicted molar refractivity (Wildman–Crippen MR) is 69.6 cm³/mol. The van der Waals surface area contributed by atoms with Gasteiger partial charge in [-0.25, -0.2) is 0 Å². The van der Waals surface area contributed by atoms with Crippen LogP contribution in [0.4, 0.5) is 24.0 Å². The first kappa shape index (κ1) is 14.4. The van der Waals surface area contributed by atoms with Crippen LogP contribution in [0.5, 0.6) is 5.75 Å². The third-order valence-corrected chi connectivity index (χ3v) is 3.33. The summed E-state index contributed by atoms with van der Waals surface area (Å²) in [6.45, 7) is 0.237. The van der Waals surface area contributed by atoms with Crippen LogP contribution in [-0.2, 0) is 12.7 Å². The van der Waals surface area contributed by atoms with Gasteiger partial charge in [0.05, 0.1) is 7.11 Å². The van der Waals surface area contributed by atoms with Crippen LogP contribution in [0.2, 0.25) is 0 Å². The Morgan fingerprint density at radius 2 is 2.10 bits per heavy atom. The highest BCUT2D eigenvalue weighted by Gasteiger charge is 2.35. The van der Waals surface area contributed by atoms with Crippen molar-refractivity contribution >= 4 is 22.2 Å². The molecule has 0 saturated carbocycles. The van der Waals surface area contributed by atoms with Crippen LogP contribution in [0.15, 0.2) is 18.2 Å². The summed E-state index contributed by atoms with van der Waals surface area (Å²) in [6.07, 6.45) is -4.48. The number of nitrogens with two attached hydrogens (primary N) is 1. The lowest BCUT2D eigenvalue weighted by atomic mass is 10.2. The van der Waals surface area contributed by atoms with E-state index in [4.69, 9.17) is 10.5 Å². The van der Waals surface area contributed by atoms with Crippen LogP contribution >= 0.6 is 11.3 Å². The number of rotatable bonds is 4. The van der Waals surface area contributed by atoms with Crippen LogP contribution < -0.4 is 15.8 Å². The van der Waals surface area contributed by atoms with Gasteiger partial charge in [-0.05, 0) is 18.2 Å². The highest BCUT2D eigenvalue weighted by Crippen LogP contribution is 2.33. The van der Waals surface area contributed by atoms with Crippen molar-refractivity contribution in [1.29, 1.82) is 0 Å². The fourth-order valence-corrected chi connectivity index (χ4v) is 2.12. The second-order valence-corrected chi connectivity index (χ2v) is 4.81. The van der Waals surface area contributed by atoms with Gasteiger partial charge < -0.3 is 15.8 Å². The van der Waals surface area contributed by atoms with Gasteiger partial charge in [0.15, 0.2) is 0 Å². The number of ether oxygens (including phenoxy) is 1. The molecule has 0 amide bonds. The molecule has 0 spiro atoms. The quantitative estimate of drug-likeness (QED) is 0.850. The predicted octanol–water partition coefficient (Wildman–Crippen LogP) is 2.76. The molecule has 0 atom stereocenters.